The maximum absolute atomic E-state index is 12.1. The van der Waals surface area contributed by atoms with Gasteiger partial charge in [0.15, 0.2) is 0 Å². The predicted molar refractivity (Wildman–Crippen MR) is 106 cm³/mol. The Morgan fingerprint density at radius 2 is 0.929 bits per heavy atom. The first-order valence-electron chi connectivity index (χ1n) is 9.27. The summed E-state index contributed by atoms with van der Waals surface area (Å²) in [6.07, 6.45) is -0.280. The van der Waals surface area contributed by atoms with Gasteiger partial charge in [-0.05, 0) is 13.8 Å². The number of carbonyl (C=O) groups excluding carboxylic acids is 2. The first kappa shape index (κ1) is 25.6. The molecule has 2 atom stereocenters. The van der Waals surface area contributed by atoms with E-state index in [1.807, 2.05) is 0 Å². The van der Waals surface area contributed by atoms with E-state index in [-0.39, 0.29) is 35.8 Å². The fraction of sp³-hybridized carbons (Fsp3) is 0.700. The number of carbonyl (C=O) groups is 4. The van der Waals surface area contributed by atoms with Gasteiger partial charge in [0.05, 0.1) is 0 Å². The maximum atomic E-state index is 12.1. The molecule has 0 saturated heterocycles. The summed E-state index contributed by atoms with van der Waals surface area (Å²) in [4.78, 5) is 47.6. The summed E-state index contributed by atoms with van der Waals surface area (Å²) in [5, 5.41) is 24.5. The smallest absolute Gasteiger partial charge is 0.332 e. The second-order valence-corrected chi connectivity index (χ2v) is 9.22. The molecule has 0 saturated carbocycles. The van der Waals surface area contributed by atoms with Crippen LogP contribution in [0.3, 0.4) is 0 Å². The number of hydrogen-bond acceptors (Lipinski definition) is 4. The monoisotopic (exact) mass is 398 g/mol. The fourth-order valence-electron chi connectivity index (χ4n) is 2.27. The average molecular weight is 399 g/mol. The van der Waals surface area contributed by atoms with Gasteiger partial charge in [-0.1, -0.05) is 41.5 Å². The number of nitrogens with one attached hydrogen (secondary N) is 2. The third kappa shape index (κ3) is 8.54. The molecule has 0 radical (unpaired) electrons. The van der Waals surface area contributed by atoms with E-state index in [0.717, 1.165) is 0 Å². The van der Waals surface area contributed by atoms with Crippen LogP contribution in [0.15, 0.2) is 11.1 Å². The molecule has 8 heteroatoms. The van der Waals surface area contributed by atoms with Crippen molar-refractivity contribution in [3.05, 3.63) is 11.1 Å². The largest absolute Gasteiger partial charge is 0.478 e. The van der Waals surface area contributed by atoms with E-state index in [2.05, 4.69) is 10.6 Å². The Labute approximate surface area is 166 Å². The molecule has 0 heterocycles. The van der Waals surface area contributed by atoms with Crippen molar-refractivity contribution < 1.29 is 29.4 Å². The SMILES string of the molecule is C[C@H](C/C(C(=O)O)=C(/C[C@@H](C)NC(=O)C(C)(C)C)C(=O)O)NC(=O)C(C)(C)C. The summed E-state index contributed by atoms with van der Waals surface area (Å²) in [5.41, 5.74) is -1.87. The number of carboxylic acids is 2. The molecule has 0 aliphatic rings. The van der Waals surface area contributed by atoms with Gasteiger partial charge in [-0.15, -0.1) is 0 Å². The Morgan fingerprint density at radius 1 is 0.679 bits per heavy atom. The molecule has 0 fully saturated rings. The van der Waals surface area contributed by atoms with E-state index < -0.39 is 34.9 Å². The van der Waals surface area contributed by atoms with Crippen LogP contribution in [0.4, 0.5) is 0 Å². The molecule has 28 heavy (non-hydrogen) atoms. The summed E-state index contributed by atoms with van der Waals surface area (Å²) >= 11 is 0. The lowest BCUT2D eigenvalue weighted by Crippen LogP contribution is -2.42. The standard InChI is InChI=1S/C20H34N2O6/c1-11(21-17(27)19(3,4)5)9-13(15(23)24)14(16(25)26)10-12(2)22-18(28)20(6,7)8/h11-12H,9-10H2,1-8H3,(H,21,27)(H,22,28)(H,23,24)(H,25,26)/b14-13+/t11-,12-/m1/s1. The van der Waals surface area contributed by atoms with E-state index in [9.17, 15) is 29.4 Å². The molecule has 0 bridgehead atoms. The van der Waals surface area contributed by atoms with Crippen molar-refractivity contribution in [2.45, 2.75) is 80.3 Å². The van der Waals surface area contributed by atoms with E-state index in [0.29, 0.717) is 0 Å². The topological polar surface area (TPSA) is 133 Å². The van der Waals surface area contributed by atoms with Gasteiger partial charge < -0.3 is 20.8 Å². The van der Waals surface area contributed by atoms with Gasteiger partial charge in [0.2, 0.25) is 11.8 Å². The minimum absolute atomic E-state index is 0.140. The van der Waals surface area contributed by atoms with Crippen LogP contribution in [-0.4, -0.2) is 46.0 Å². The molecule has 0 aromatic carbocycles. The average Bonchev–Trinajstić information content (AvgIpc) is 2.48. The summed E-state index contributed by atoms with van der Waals surface area (Å²) < 4.78 is 0. The van der Waals surface area contributed by atoms with Crippen molar-refractivity contribution >= 4 is 23.8 Å². The van der Waals surface area contributed by atoms with E-state index in [1.54, 1.807) is 55.4 Å². The Hall–Kier alpha value is -2.38. The molecule has 160 valence electrons. The van der Waals surface area contributed by atoms with Crippen molar-refractivity contribution in [3.8, 4) is 0 Å². The van der Waals surface area contributed by atoms with Gasteiger partial charge >= 0.3 is 11.9 Å². The van der Waals surface area contributed by atoms with Crippen molar-refractivity contribution in [2.75, 3.05) is 0 Å². The van der Waals surface area contributed by atoms with Crippen LogP contribution >= 0.6 is 0 Å². The Balaban J connectivity index is 5.53. The second kappa shape index (κ2) is 9.71. The Bertz CT molecular complexity index is 597. The van der Waals surface area contributed by atoms with E-state index in [1.165, 1.54) is 0 Å². The molecule has 8 nitrogen and oxygen atoms in total. The van der Waals surface area contributed by atoms with Crippen molar-refractivity contribution in [2.24, 2.45) is 10.8 Å². The summed E-state index contributed by atoms with van der Waals surface area (Å²) in [6.45, 7) is 13.6. The van der Waals surface area contributed by atoms with Crippen LogP contribution in [0.1, 0.15) is 68.2 Å². The number of amides is 2. The summed E-state index contributed by atoms with van der Waals surface area (Å²) in [7, 11) is 0. The van der Waals surface area contributed by atoms with Gasteiger partial charge in [0.25, 0.3) is 0 Å². The molecule has 0 rings (SSSR count). The minimum Gasteiger partial charge on any atom is -0.478 e. The molecule has 0 aliphatic carbocycles. The normalized spacial score (nSPS) is 15.1. The fourth-order valence-corrected chi connectivity index (χ4v) is 2.27. The van der Waals surface area contributed by atoms with Gasteiger partial charge in [-0.25, -0.2) is 9.59 Å². The molecule has 0 aromatic heterocycles. The van der Waals surface area contributed by atoms with E-state index >= 15 is 0 Å². The van der Waals surface area contributed by atoms with Crippen LogP contribution < -0.4 is 10.6 Å². The molecular weight excluding hydrogens is 364 g/mol. The van der Waals surface area contributed by atoms with Crippen LogP contribution in [0, 0.1) is 10.8 Å². The first-order chi connectivity index (χ1) is 12.5. The lowest BCUT2D eigenvalue weighted by molar-refractivity contribution is -0.136. The highest BCUT2D eigenvalue weighted by atomic mass is 16.4. The Kier molecular flexibility index (Phi) is 8.88. The van der Waals surface area contributed by atoms with Gasteiger partial charge in [-0.3, -0.25) is 9.59 Å². The quantitative estimate of drug-likeness (QED) is 0.464. The number of rotatable bonds is 8. The second-order valence-electron chi connectivity index (χ2n) is 9.22. The zero-order valence-corrected chi connectivity index (χ0v) is 18.1. The minimum atomic E-state index is -1.36. The van der Waals surface area contributed by atoms with E-state index in [4.69, 9.17) is 0 Å². The molecule has 0 unspecified atom stereocenters. The van der Waals surface area contributed by atoms with Crippen molar-refractivity contribution in [1.82, 2.24) is 10.6 Å². The molecule has 0 aliphatic heterocycles. The summed E-state index contributed by atoms with van der Waals surface area (Å²) in [5.74, 6) is -3.23. The van der Waals surface area contributed by atoms with Crippen molar-refractivity contribution in [1.29, 1.82) is 0 Å². The van der Waals surface area contributed by atoms with Crippen LogP contribution in [0.2, 0.25) is 0 Å². The first-order valence-corrected chi connectivity index (χ1v) is 9.27. The zero-order chi connectivity index (χ0) is 22.4. The third-order valence-corrected chi connectivity index (χ3v) is 4.02. The van der Waals surface area contributed by atoms with Crippen molar-refractivity contribution in [3.63, 3.8) is 0 Å². The molecule has 4 N–H and O–H groups in total. The Morgan fingerprint density at radius 3 is 1.11 bits per heavy atom. The third-order valence-electron chi connectivity index (χ3n) is 4.02. The highest BCUT2D eigenvalue weighted by Gasteiger charge is 2.28. The number of carboxylic acid groups (broad SMARTS) is 2. The maximum Gasteiger partial charge on any atom is 0.332 e. The predicted octanol–water partition coefficient (Wildman–Crippen LogP) is 2.33. The molecule has 0 aromatic rings. The zero-order valence-electron chi connectivity index (χ0n) is 18.1. The highest BCUT2D eigenvalue weighted by molar-refractivity contribution is 5.99. The van der Waals surface area contributed by atoms with Crippen LogP contribution in [0.5, 0.6) is 0 Å². The molecular formula is C20H34N2O6. The lowest BCUT2D eigenvalue weighted by Gasteiger charge is -2.24. The molecule has 2 amide bonds. The van der Waals surface area contributed by atoms with Gasteiger partial charge in [0.1, 0.15) is 0 Å². The number of hydrogen-bond donors (Lipinski definition) is 4. The van der Waals surface area contributed by atoms with Gasteiger partial charge in [-0.2, -0.15) is 0 Å². The number of aliphatic carboxylic acids is 2. The van der Waals surface area contributed by atoms with Crippen LogP contribution in [0.25, 0.3) is 0 Å². The highest BCUT2D eigenvalue weighted by Crippen LogP contribution is 2.20. The summed E-state index contributed by atoms with van der Waals surface area (Å²) in [6, 6.07) is -1.13. The lowest BCUT2D eigenvalue weighted by atomic mass is 9.92. The van der Waals surface area contributed by atoms with Crippen LogP contribution in [-0.2, 0) is 19.2 Å². The van der Waals surface area contributed by atoms with Gasteiger partial charge in [0, 0.05) is 46.9 Å². The molecule has 0 spiro atoms.